The van der Waals surface area contributed by atoms with Gasteiger partial charge in [0, 0.05) is 42.8 Å². The first-order valence-corrected chi connectivity index (χ1v) is 15.0. The van der Waals surface area contributed by atoms with Crippen LogP contribution in [0.1, 0.15) is 61.9 Å². The molecule has 0 unspecified atom stereocenters. The van der Waals surface area contributed by atoms with Crippen molar-refractivity contribution in [3.8, 4) is 17.2 Å². The number of anilines is 1. The molecule has 0 aliphatic carbocycles. The van der Waals surface area contributed by atoms with Crippen LogP contribution in [-0.4, -0.2) is 60.7 Å². The molecule has 0 bridgehead atoms. The zero-order valence-electron chi connectivity index (χ0n) is 25.7. The Kier molecular flexibility index (Phi) is 14.0. The van der Waals surface area contributed by atoms with E-state index in [2.05, 4.69) is 15.6 Å². The number of hydrogen-bond acceptors (Lipinski definition) is 8. The summed E-state index contributed by atoms with van der Waals surface area (Å²) in [5.41, 5.74) is 1.26. The van der Waals surface area contributed by atoms with Crippen LogP contribution in [0, 0.1) is 5.92 Å². The number of carbonyl (C=O) groups is 3. The van der Waals surface area contributed by atoms with Crippen LogP contribution in [0.25, 0.3) is 0 Å². The van der Waals surface area contributed by atoms with Gasteiger partial charge in [-0.3, -0.25) is 14.4 Å². The van der Waals surface area contributed by atoms with Crippen molar-refractivity contribution in [2.24, 2.45) is 5.92 Å². The van der Waals surface area contributed by atoms with Crippen molar-refractivity contribution in [3.05, 3.63) is 78.0 Å². The number of ether oxygens (including phenoxy) is 3. The summed E-state index contributed by atoms with van der Waals surface area (Å²) in [6, 6.07) is 17.2. The van der Waals surface area contributed by atoms with Crippen LogP contribution in [-0.2, 0) is 16.0 Å². The highest BCUT2D eigenvalue weighted by Gasteiger charge is 2.18. The van der Waals surface area contributed by atoms with E-state index in [4.69, 9.17) is 14.2 Å². The number of aromatic nitrogens is 1. The third kappa shape index (κ3) is 12.3. The number of methoxy groups -OCH3 is 1. The van der Waals surface area contributed by atoms with Crippen molar-refractivity contribution in [2.75, 3.05) is 32.2 Å². The molecule has 0 aliphatic rings. The average molecular weight is 606 g/mol. The summed E-state index contributed by atoms with van der Waals surface area (Å²) < 4.78 is 16.8. The fourth-order valence-corrected chi connectivity index (χ4v) is 4.38. The highest BCUT2D eigenvalue weighted by Crippen LogP contribution is 2.18. The molecule has 0 fully saturated rings. The lowest BCUT2D eigenvalue weighted by atomic mass is 10.0. The second kappa shape index (κ2) is 18.1. The number of nitrogens with zero attached hydrogens (tertiary/aromatic N) is 1. The molecule has 0 radical (unpaired) electrons. The first kappa shape index (κ1) is 33.9. The first-order valence-electron chi connectivity index (χ1n) is 15.0. The minimum Gasteiger partial charge on any atom is -0.497 e. The van der Waals surface area contributed by atoms with Crippen LogP contribution < -0.4 is 24.8 Å². The Hall–Kier alpha value is -4.60. The summed E-state index contributed by atoms with van der Waals surface area (Å²) in [4.78, 5) is 40.6. The van der Waals surface area contributed by atoms with E-state index in [0.29, 0.717) is 49.7 Å². The van der Waals surface area contributed by atoms with E-state index in [9.17, 15) is 19.5 Å². The molecule has 0 aliphatic heterocycles. The maximum atomic E-state index is 13.0. The van der Waals surface area contributed by atoms with E-state index in [0.717, 1.165) is 36.4 Å². The van der Waals surface area contributed by atoms with Gasteiger partial charge in [0.05, 0.1) is 26.7 Å². The lowest BCUT2D eigenvalue weighted by molar-refractivity contribution is -0.137. The summed E-state index contributed by atoms with van der Waals surface area (Å²) in [5, 5.41) is 15.5. The zero-order valence-corrected chi connectivity index (χ0v) is 25.7. The summed E-state index contributed by atoms with van der Waals surface area (Å²) in [5.74, 6) is 1.64. The highest BCUT2D eigenvalue weighted by molar-refractivity contribution is 5.95. The fourth-order valence-electron chi connectivity index (χ4n) is 4.38. The van der Waals surface area contributed by atoms with Crippen LogP contribution in [0.2, 0.25) is 0 Å². The zero-order chi connectivity index (χ0) is 31.7. The first-order chi connectivity index (χ1) is 21.2. The van der Waals surface area contributed by atoms with Crippen LogP contribution in [0.15, 0.2) is 66.9 Å². The maximum Gasteiger partial charge on any atom is 0.305 e. The molecule has 1 atom stereocenters. The van der Waals surface area contributed by atoms with Crippen LogP contribution in [0.5, 0.6) is 17.2 Å². The number of unbranched alkanes of at least 4 members (excludes halogenated alkanes) is 1. The molecule has 1 aromatic heterocycles. The Bertz CT molecular complexity index is 1340. The fraction of sp³-hybridized carbons (Fsp3) is 0.412. The van der Waals surface area contributed by atoms with Gasteiger partial charge in [-0.1, -0.05) is 32.0 Å². The van der Waals surface area contributed by atoms with Crippen LogP contribution in [0.3, 0.4) is 0 Å². The van der Waals surface area contributed by atoms with Gasteiger partial charge in [-0.25, -0.2) is 4.98 Å². The van der Waals surface area contributed by atoms with Crippen molar-refractivity contribution in [2.45, 2.75) is 58.4 Å². The Morgan fingerprint density at radius 1 is 0.886 bits per heavy atom. The normalized spacial score (nSPS) is 11.5. The minimum atomic E-state index is -0.999. The van der Waals surface area contributed by atoms with Gasteiger partial charge in [0.1, 0.15) is 28.8 Å². The van der Waals surface area contributed by atoms with Gasteiger partial charge in [-0.2, -0.15) is 0 Å². The molecule has 2 aromatic carbocycles. The molecule has 1 heterocycles. The average Bonchev–Trinajstić information content (AvgIpc) is 3.01. The molecule has 10 heteroatoms. The van der Waals surface area contributed by atoms with Gasteiger partial charge < -0.3 is 30.0 Å². The predicted molar refractivity (Wildman–Crippen MR) is 169 cm³/mol. The largest absolute Gasteiger partial charge is 0.497 e. The second-order valence-corrected chi connectivity index (χ2v) is 10.8. The van der Waals surface area contributed by atoms with E-state index in [1.807, 2.05) is 44.2 Å². The van der Waals surface area contributed by atoms with E-state index in [1.54, 1.807) is 43.6 Å². The number of nitrogens with one attached hydrogen (secondary N) is 2. The Morgan fingerprint density at radius 2 is 1.64 bits per heavy atom. The third-order valence-corrected chi connectivity index (χ3v) is 6.85. The monoisotopic (exact) mass is 605 g/mol. The molecule has 0 spiro atoms. The van der Waals surface area contributed by atoms with Crippen molar-refractivity contribution in [1.82, 2.24) is 10.3 Å². The molecule has 3 N–H and O–H groups in total. The molecular formula is C34H43N3O7. The number of aliphatic carboxylic acids is 1. The lowest BCUT2D eigenvalue weighted by Gasteiger charge is -2.18. The second-order valence-electron chi connectivity index (χ2n) is 10.8. The number of amides is 1. The van der Waals surface area contributed by atoms with Crippen LogP contribution >= 0.6 is 0 Å². The van der Waals surface area contributed by atoms with Crippen LogP contribution in [0.4, 0.5) is 5.82 Å². The number of hydrogen-bond donors (Lipinski definition) is 3. The summed E-state index contributed by atoms with van der Waals surface area (Å²) >= 11 is 0. The Morgan fingerprint density at radius 3 is 2.36 bits per heavy atom. The molecule has 236 valence electrons. The summed E-state index contributed by atoms with van der Waals surface area (Å²) in [6.07, 6.45) is 4.60. The van der Waals surface area contributed by atoms with Crippen molar-refractivity contribution in [1.29, 1.82) is 0 Å². The SMILES string of the molecule is COc1ccnc(NCCCOc2ccc(C[C@@H](CC(=O)O)NC(=O)c3cccc(OCCCCC(=O)C(C)C)c3)cc2)c1. The predicted octanol–water partition coefficient (Wildman–Crippen LogP) is 5.56. The number of carbonyl (C=O) groups excluding carboxylic acids is 2. The Balaban J connectivity index is 1.45. The number of pyridine rings is 1. The highest BCUT2D eigenvalue weighted by atomic mass is 16.5. The van der Waals surface area contributed by atoms with Gasteiger partial charge >= 0.3 is 5.97 Å². The minimum absolute atomic E-state index is 0.0394. The summed E-state index contributed by atoms with van der Waals surface area (Å²) in [7, 11) is 1.61. The van der Waals surface area contributed by atoms with Gasteiger partial charge in [-0.05, 0) is 67.6 Å². The molecule has 10 nitrogen and oxygen atoms in total. The maximum absolute atomic E-state index is 13.0. The molecule has 3 aromatic rings. The molecule has 3 rings (SSSR count). The molecule has 0 saturated heterocycles. The van der Waals surface area contributed by atoms with Gasteiger partial charge in [-0.15, -0.1) is 0 Å². The number of Topliss-reactive ketones (excluding diaryl/α,β-unsaturated/α-hetero) is 1. The number of benzene rings is 2. The van der Waals surface area contributed by atoms with E-state index < -0.39 is 12.0 Å². The van der Waals surface area contributed by atoms with Crippen molar-refractivity contribution in [3.63, 3.8) is 0 Å². The molecule has 1 amide bonds. The van der Waals surface area contributed by atoms with E-state index in [-0.39, 0.29) is 24.0 Å². The number of carboxylic acids is 1. The molecule has 0 saturated carbocycles. The Labute approximate surface area is 259 Å². The van der Waals surface area contributed by atoms with E-state index in [1.165, 1.54) is 0 Å². The molecular weight excluding hydrogens is 562 g/mol. The molecule has 44 heavy (non-hydrogen) atoms. The van der Waals surface area contributed by atoms with Gasteiger partial charge in [0.25, 0.3) is 5.91 Å². The lowest BCUT2D eigenvalue weighted by Crippen LogP contribution is -2.38. The quantitative estimate of drug-likeness (QED) is 0.141. The van der Waals surface area contributed by atoms with Gasteiger partial charge in [0.2, 0.25) is 0 Å². The standard InChI is InChI=1S/C34H43N3O7/c1-24(2)31(38)10-4-5-18-44-30-9-6-8-26(21-30)34(41)37-27(22-33(39)40)20-25-11-13-28(14-12-25)43-19-7-16-35-32-23-29(42-3)15-17-36-32/h6,8-9,11-15,17,21,23-24,27H,4-5,7,10,16,18-20,22H2,1-3H3,(H,35,36)(H,37,41)(H,39,40)/t27-/m0/s1. The third-order valence-electron chi connectivity index (χ3n) is 6.85. The number of rotatable bonds is 20. The van der Waals surface area contributed by atoms with Crippen molar-refractivity contribution >= 4 is 23.5 Å². The van der Waals surface area contributed by atoms with Crippen molar-refractivity contribution < 1.29 is 33.7 Å². The number of ketones is 1. The van der Waals surface area contributed by atoms with Gasteiger partial charge in [0.15, 0.2) is 0 Å². The smallest absolute Gasteiger partial charge is 0.305 e. The van der Waals surface area contributed by atoms with E-state index >= 15 is 0 Å². The number of carboxylic acid groups (broad SMARTS) is 1. The topological polar surface area (TPSA) is 136 Å². The summed E-state index contributed by atoms with van der Waals surface area (Å²) in [6.45, 7) is 5.43.